The second-order valence-corrected chi connectivity index (χ2v) is 6.47. The van der Waals surface area contributed by atoms with Gasteiger partial charge in [-0.3, -0.25) is 0 Å². The highest BCUT2D eigenvalue weighted by molar-refractivity contribution is 7.89. The van der Waals surface area contributed by atoms with Gasteiger partial charge >= 0.3 is 0 Å². The zero-order valence-electron chi connectivity index (χ0n) is 10.7. The predicted octanol–water partition coefficient (Wildman–Crippen LogP) is 1.73. The highest BCUT2D eigenvalue weighted by Gasteiger charge is 2.27. The highest BCUT2D eigenvalue weighted by Crippen LogP contribution is 2.22. The van der Waals surface area contributed by atoms with Gasteiger partial charge in [-0.05, 0) is 37.1 Å². The maximum atomic E-state index is 12.0. The third kappa shape index (κ3) is 3.17. The summed E-state index contributed by atoms with van der Waals surface area (Å²) in [5, 5.41) is 6.74. The van der Waals surface area contributed by atoms with Crippen molar-refractivity contribution < 1.29 is 12.9 Å². The first-order chi connectivity index (χ1) is 9.63. The Bertz CT molecular complexity index is 661. The summed E-state index contributed by atoms with van der Waals surface area (Å²) in [6.07, 6.45) is 3.43. The Balaban J connectivity index is 1.64. The van der Waals surface area contributed by atoms with Crippen molar-refractivity contribution in [3.8, 4) is 0 Å². The molecule has 1 heterocycles. The average molecular weight is 293 g/mol. The largest absolute Gasteiger partial charge is 0.378 e. The van der Waals surface area contributed by atoms with Gasteiger partial charge in [0.2, 0.25) is 10.0 Å². The molecule has 1 aliphatic carbocycles. The number of benzene rings is 1. The van der Waals surface area contributed by atoms with E-state index >= 15 is 0 Å². The molecule has 1 aromatic carbocycles. The van der Waals surface area contributed by atoms with Crippen LogP contribution in [0.2, 0.25) is 0 Å². The zero-order chi connectivity index (χ0) is 14.0. The summed E-state index contributed by atoms with van der Waals surface area (Å²) >= 11 is 0. The van der Waals surface area contributed by atoms with Crippen molar-refractivity contribution in [2.75, 3.05) is 5.32 Å². The average Bonchev–Trinajstić information content (AvgIpc) is 3.08. The van der Waals surface area contributed by atoms with E-state index in [9.17, 15) is 8.42 Å². The fraction of sp³-hybridized carbons (Fsp3) is 0.308. The van der Waals surface area contributed by atoms with Crippen LogP contribution in [0.15, 0.2) is 45.9 Å². The minimum atomic E-state index is -3.38. The molecule has 20 heavy (non-hydrogen) atoms. The van der Waals surface area contributed by atoms with Gasteiger partial charge in [0.1, 0.15) is 0 Å². The van der Waals surface area contributed by atoms with Crippen LogP contribution >= 0.6 is 0 Å². The van der Waals surface area contributed by atoms with E-state index < -0.39 is 10.0 Å². The molecule has 0 unspecified atom stereocenters. The van der Waals surface area contributed by atoms with Crippen LogP contribution in [-0.4, -0.2) is 19.6 Å². The number of aromatic nitrogens is 1. The molecule has 0 aliphatic heterocycles. The molecule has 0 saturated heterocycles. The molecule has 0 bridgehead atoms. The molecule has 2 aromatic rings. The molecular formula is C13H15N3O3S. The molecule has 0 spiro atoms. The molecule has 106 valence electrons. The fourth-order valence-electron chi connectivity index (χ4n) is 1.76. The fourth-order valence-corrected chi connectivity index (χ4v) is 3.07. The highest BCUT2D eigenvalue weighted by atomic mass is 32.2. The minimum Gasteiger partial charge on any atom is -0.378 e. The Labute approximate surface area is 117 Å². The van der Waals surface area contributed by atoms with Crippen molar-refractivity contribution in [1.29, 1.82) is 0 Å². The van der Waals surface area contributed by atoms with Gasteiger partial charge in [-0.15, -0.1) is 0 Å². The molecule has 1 fully saturated rings. The maximum Gasteiger partial charge on any atom is 0.240 e. The van der Waals surface area contributed by atoms with Crippen LogP contribution in [0.4, 0.5) is 5.69 Å². The van der Waals surface area contributed by atoms with Crippen LogP contribution < -0.4 is 10.0 Å². The third-order valence-corrected chi connectivity index (χ3v) is 4.56. The predicted molar refractivity (Wildman–Crippen MR) is 73.6 cm³/mol. The third-order valence-electron chi connectivity index (χ3n) is 3.02. The first-order valence-electron chi connectivity index (χ1n) is 6.39. The second kappa shape index (κ2) is 5.26. The van der Waals surface area contributed by atoms with E-state index in [-0.39, 0.29) is 10.9 Å². The van der Waals surface area contributed by atoms with Gasteiger partial charge in [-0.1, -0.05) is 5.16 Å². The summed E-state index contributed by atoms with van der Waals surface area (Å²) in [6.45, 7) is 0.506. The Morgan fingerprint density at radius 1 is 1.20 bits per heavy atom. The lowest BCUT2D eigenvalue weighted by atomic mass is 10.3. The van der Waals surface area contributed by atoms with Gasteiger partial charge in [0.25, 0.3) is 0 Å². The van der Waals surface area contributed by atoms with E-state index in [4.69, 9.17) is 4.52 Å². The number of hydrogen-bond acceptors (Lipinski definition) is 5. The topological polar surface area (TPSA) is 84.2 Å². The Morgan fingerprint density at radius 2 is 1.95 bits per heavy atom. The Hall–Kier alpha value is -1.86. The van der Waals surface area contributed by atoms with Crippen molar-refractivity contribution in [1.82, 2.24) is 9.88 Å². The van der Waals surface area contributed by atoms with E-state index in [1.165, 1.54) is 0 Å². The van der Waals surface area contributed by atoms with Gasteiger partial charge in [0.15, 0.2) is 5.76 Å². The van der Waals surface area contributed by atoms with Gasteiger partial charge in [-0.2, -0.15) is 0 Å². The molecule has 7 heteroatoms. The van der Waals surface area contributed by atoms with E-state index in [2.05, 4.69) is 15.2 Å². The van der Waals surface area contributed by atoms with Gasteiger partial charge < -0.3 is 9.84 Å². The molecule has 0 atom stereocenters. The van der Waals surface area contributed by atoms with Crippen LogP contribution in [-0.2, 0) is 16.6 Å². The normalized spacial score (nSPS) is 15.2. The molecule has 1 aliphatic rings. The lowest BCUT2D eigenvalue weighted by Crippen LogP contribution is -2.25. The van der Waals surface area contributed by atoms with E-state index in [1.54, 1.807) is 36.5 Å². The van der Waals surface area contributed by atoms with E-state index in [1.807, 2.05) is 0 Å². The maximum absolute atomic E-state index is 12.0. The number of nitrogens with zero attached hydrogens (tertiary/aromatic N) is 1. The van der Waals surface area contributed by atoms with Crippen molar-refractivity contribution in [2.45, 2.75) is 30.3 Å². The standard InChI is InChI=1S/C13H15N3O3S/c17-20(18,16-11-1-2-11)13-5-3-10(4-6-13)14-9-12-7-8-15-19-12/h3-8,11,14,16H,1-2,9H2. The van der Waals surface area contributed by atoms with E-state index in [0.717, 1.165) is 24.3 Å². The number of rotatable bonds is 6. The number of sulfonamides is 1. The summed E-state index contributed by atoms with van der Waals surface area (Å²) in [5.74, 6) is 0.720. The van der Waals surface area contributed by atoms with Crippen LogP contribution in [0.3, 0.4) is 0 Å². The summed E-state index contributed by atoms with van der Waals surface area (Å²) in [5.41, 5.74) is 0.826. The lowest BCUT2D eigenvalue weighted by molar-refractivity contribution is 0.388. The first-order valence-corrected chi connectivity index (χ1v) is 7.88. The summed E-state index contributed by atoms with van der Waals surface area (Å²) in [4.78, 5) is 0.287. The molecule has 6 nitrogen and oxygen atoms in total. The van der Waals surface area contributed by atoms with Gasteiger partial charge in [0.05, 0.1) is 17.6 Å². The van der Waals surface area contributed by atoms with Crippen molar-refractivity contribution >= 4 is 15.7 Å². The molecular weight excluding hydrogens is 278 g/mol. The van der Waals surface area contributed by atoms with Crippen LogP contribution in [0, 0.1) is 0 Å². The van der Waals surface area contributed by atoms with Crippen LogP contribution in [0.5, 0.6) is 0 Å². The quantitative estimate of drug-likeness (QED) is 0.847. The zero-order valence-corrected chi connectivity index (χ0v) is 11.6. The molecule has 2 N–H and O–H groups in total. The summed E-state index contributed by atoms with van der Waals surface area (Å²) < 4.78 is 31.6. The monoisotopic (exact) mass is 293 g/mol. The smallest absolute Gasteiger partial charge is 0.240 e. The van der Waals surface area contributed by atoms with Gasteiger partial charge in [0, 0.05) is 17.8 Å². The summed E-state index contributed by atoms with van der Waals surface area (Å²) in [6, 6.07) is 8.53. The number of nitrogens with one attached hydrogen (secondary N) is 2. The van der Waals surface area contributed by atoms with Crippen molar-refractivity contribution in [3.63, 3.8) is 0 Å². The van der Waals surface area contributed by atoms with Crippen LogP contribution in [0.25, 0.3) is 0 Å². The molecule has 0 radical (unpaired) electrons. The van der Waals surface area contributed by atoms with Crippen LogP contribution in [0.1, 0.15) is 18.6 Å². The van der Waals surface area contributed by atoms with Crippen molar-refractivity contribution in [3.05, 3.63) is 42.3 Å². The molecule has 1 aromatic heterocycles. The SMILES string of the molecule is O=S(=O)(NC1CC1)c1ccc(NCc2ccno2)cc1. The number of hydrogen-bond donors (Lipinski definition) is 2. The Kier molecular flexibility index (Phi) is 3.45. The molecule has 0 amide bonds. The van der Waals surface area contributed by atoms with Crippen molar-refractivity contribution in [2.24, 2.45) is 0 Å². The number of anilines is 1. The minimum absolute atomic E-state index is 0.115. The Morgan fingerprint density at radius 3 is 2.55 bits per heavy atom. The molecule has 1 saturated carbocycles. The second-order valence-electron chi connectivity index (χ2n) is 4.75. The van der Waals surface area contributed by atoms with Gasteiger partial charge in [-0.25, -0.2) is 13.1 Å². The molecule has 3 rings (SSSR count). The first kappa shape index (κ1) is 13.1. The lowest BCUT2D eigenvalue weighted by Gasteiger charge is -2.07. The van der Waals surface area contributed by atoms with E-state index in [0.29, 0.717) is 6.54 Å². The summed E-state index contributed by atoms with van der Waals surface area (Å²) in [7, 11) is -3.38.